The summed E-state index contributed by atoms with van der Waals surface area (Å²) >= 11 is 0. The molecule has 2 aliphatic heterocycles. The van der Waals surface area contributed by atoms with Crippen molar-refractivity contribution in [2.75, 3.05) is 32.7 Å². The van der Waals surface area contributed by atoms with E-state index in [-0.39, 0.29) is 24.9 Å². The molecule has 0 unspecified atom stereocenters. The Morgan fingerprint density at radius 1 is 1.00 bits per heavy atom. The number of amides is 2. The fourth-order valence-corrected chi connectivity index (χ4v) is 4.73. The van der Waals surface area contributed by atoms with Gasteiger partial charge in [0, 0.05) is 32.1 Å². The monoisotopic (exact) mass is 387 g/mol. The fourth-order valence-electron chi connectivity index (χ4n) is 4.73. The first-order valence-electron chi connectivity index (χ1n) is 10.1. The van der Waals surface area contributed by atoms with Crippen molar-refractivity contribution in [2.24, 2.45) is 11.8 Å². The van der Waals surface area contributed by atoms with Gasteiger partial charge in [0.05, 0.1) is 0 Å². The first-order valence-corrected chi connectivity index (χ1v) is 10.1. The van der Waals surface area contributed by atoms with E-state index in [2.05, 4.69) is 15.1 Å². The zero-order valence-corrected chi connectivity index (χ0v) is 16.5. The highest BCUT2D eigenvalue weighted by molar-refractivity contribution is 5.85. The molecule has 2 heterocycles. The van der Waals surface area contributed by atoms with E-state index in [9.17, 15) is 9.59 Å². The van der Waals surface area contributed by atoms with Gasteiger partial charge in [0.25, 0.3) is 0 Å². The molecule has 3 rings (SSSR count). The Bertz CT molecular complexity index is 463. The first-order chi connectivity index (χ1) is 12.1. The Labute approximate surface area is 163 Å². The van der Waals surface area contributed by atoms with Gasteiger partial charge in [-0.1, -0.05) is 0 Å². The lowest BCUT2D eigenvalue weighted by Gasteiger charge is -2.34. The highest BCUT2D eigenvalue weighted by Gasteiger charge is 2.35. The van der Waals surface area contributed by atoms with Crippen LogP contribution in [0.1, 0.15) is 57.8 Å². The van der Waals surface area contributed by atoms with E-state index in [1.54, 1.807) is 0 Å². The van der Waals surface area contributed by atoms with Crippen molar-refractivity contribution in [2.45, 2.75) is 63.8 Å². The molecule has 0 aromatic rings. The van der Waals surface area contributed by atoms with Crippen molar-refractivity contribution in [3.05, 3.63) is 0 Å². The minimum absolute atomic E-state index is 0. The van der Waals surface area contributed by atoms with E-state index in [4.69, 9.17) is 5.11 Å². The van der Waals surface area contributed by atoms with Gasteiger partial charge in [0.2, 0.25) is 0 Å². The highest BCUT2D eigenvalue weighted by atomic mass is 35.5. The number of carbonyl (C=O) groups is 2. The highest BCUT2D eigenvalue weighted by Crippen LogP contribution is 2.32. The third kappa shape index (κ3) is 5.74. The Kier molecular flexibility index (Phi) is 8.48. The van der Waals surface area contributed by atoms with E-state index in [1.807, 2.05) is 0 Å². The molecule has 2 saturated heterocycles. The number of carbonyl (C=O) groups excluding carboxylic acids is 1. The third-order valence-electron chi connectivity index (χ3n) is 6.42. The average Bonchev–Trinajstić information content (AvgIpc) is 3.00. The summed E-state index contributed by atoms with van der Waals surface area (Å²) in [5, 5.41) is 12.2. The van der Waals surface area contributed by atoms with E-state index >= 15 is 0 Å². The van der Waals surface area contributed by atoms with Crippen LogP contribution in [0.5, 0.6) is 0 Å². The molecule has 0 spiro atoms. The average molecular weight is 388 g/mol. The molecule has 150 valence electrons. The molecule has 1 saturated carbocycles. The van der Waals surface area contributed by atoms with Crippen LogP contribution >= 0.6 is 12.4 Å². The van der Waals surface area contributed by atoms with Crippen LogP contribution in [-0.4, -0.2) is 65.7 Å². The summed E-state index contributed by atoms with van der Waals surface area (Å²) < 4.78 is 0. The zero-order valence-electron chi connectivity index (χ0n) is 15.7. The lowest BCUT2D eigenvalue weighted by molar-refractivity contribution is -0.137. The molecule has 3 aliphatic rings. The lowest BCUT2D eigenvalue weighted by Crippen LogP contribution is -2.41. The predicted molar refractivity (Wildman–Crippen MR) is 104 cm³/mol. The second-order valence-corrected chi connectivity index (χ2v) is 8.05. The quantitative estimate of drug-likeness (QED) is 0.704. The maximum atomic E-state index is 12.7. The number of hydrogen-bond acceptors (Lipinski definition) is 3. The molecule has 0 atom stereocenters. The molecule has 7 heteroatoms. The Morgan fingerprint density at radius 3 is 2.31 bits per heavy atom. The van der Waals surface area contributed by atoms with Crippen LogP contribution < -0.4 is 5.32 Å². The maximum absolute atomic E-state index is 12.7. The summed E-state index contributed by atoms with van der Waals surface area (Å²) in [6.45, 7) is 4.90. The molecule has 2 N–H and O–H groups in total. The fraction of sp³-hybridized carbons (Fsp3) is 0.895. The molecule has 0 bridgehead atoms. The minimum atomic E-state index is -0.693. The molecule has 0 aromatic carbocycles. The van der Waals surface area contributed by atoms with Crippen LogP contribution in [0.25, 0.3) is 0 Å². The Balaban J connectivity index is 0.00000243. The number of carboxylic acid groups (broad SMARTS) is 1. The number of aliphatic carboxylic acids is 1. The van der Waals surface area contributed by atoms with Gasteiger partial charge in [-0.15, -0.1) is 12.4 Å². The van der Waals surface area contributed by atoms with Gasteiger partial charge in [-0.3, -0.25) is 4.79 Å². The molecular weight excluding hydrogens is 354 g/mol. The maximum Gasteiger partial charge on any atom is 0.320 e. The standard InChI is InChI=1S/C19H33N3O3.ClH/c23-18(24)6-3-15-1-4-17(5-2-15)22-14-13-21(19(22)25)12-9-16-7-10-20-11-8-16;/h15-17,20H,1-14H2,(H,23,24);1H/t15-,17-;. The van der Waals surface area contributed by atoms with Crippen molar-refractivity contribution >= 4 is 24.4 Å². The topological polar surface area (TPSA) is 72.9 Å². The molecule has 2 amide bonds. The summed E-state index contributed by atoms with van der Waals surface area (Å²) in [5.41, 5.74) is 0. The van der Waals surface area contributed by atoms with Gasteiger partial charge in [-0.25, -0.2) is 4.79 Å². The number of carboxylic acids is 1. The van der Waals surface area contributed by atoms with E-state index < -0.39 is 5.97 Å². The van der Waals surface area contributed by atoms with Gasteiger partial charge in [-0.2, -0.15) is 0 Å². The Morgan fingerprint density at radius 2 is 1.65 bits per heavy atom. The molecule has 0 aromatic heterocycles. The SMILES string of the molecule is Cl.O=C(O)CC[C@H]1CC[C@H](N2CCN(CCC3CCNCC3)C2=O)CC1. The van der Waals surface area contributed by atoms with Crippen molar-refractivity contribution in [1.82, 2.24) is 15.1 Å². The lowest BCUT2D eigenvalue weighted by atomic mass is 9.83. The van der Waals surface area contributed by atoms with Crippen LogP contribution in [-0.2, 0) is 4.79 Å². The second-order valence-electron chi connectivity index (χ2n) is 8.05. The first kappa shape index (κ1) is 21.3. The number of rotatable bonds is 7. The summed E-state index contributed by atoms with van der Waals surface area (Å²) in [5.74, 6) is 0.607. The van der Waals surface area contributed by atoms with Gasteiger partial charge >= 0.3 is 12.0 Å². The van der Waals surface area contributed by atoms with Crippen LogP contribution in [0.3, 0.4) is 0 Å². The molecule has 3 fully saturated rings. The molecule has 6 nitrogen and oxygen atoms in total. The van der Waals surface area contributed by atoms with Gasteiger partial charge in [0.1, 0.15) is 0 Å². The van der Waals surface area contributed by atoms with Gasteiger partial charge < -0.3 is 20.2 Å². The van der Waals surface area contributed by atoms with Crippen molar-refractivity contribution in [3.63, 3.8) is 0 Å². The summed E-state index contributed by atoms with van der Waals surface area (Å²) in [7, 11) is 0. The zero-order chi connectivity index (χ0) is 17.6. The summed E-state index contributed by atoms with van der Waals surface area (Å²) in [4.78, 5) is 27.6. The van der Waals surface area contributed by atoms with Crippen molar-refractivity contribution in [3.8, 4) is 0 Å². The number of nitrogens with one attached hydrogen (secondary N) is 1. The van der Waals surface area contributed by atoms with Crippen LogP contribution in [0.2, 0.25) is 0 Å². The molecule has 0 radical (unpaired) electrons. The summed E-state index contributed by atoms with van der Waals surface area (Å²) in [6, 6.07) is 0.611. The van der Waals surface area contributed by atoms with Crippen molar-refractivity contribution < 1.29 is 14.7 Å². The number of nitrogens with zero attached hydrogens (tertiary/aromatic N) is 2. The van der Waals surface area contributed by atoms with Gasteiger partial charge in [0.15, 0.2) is 0 Å². The van der Waals surface area contributed by atoms with Crippen molar-refractivity contribution in [1.29, 1.82) is 0 Å². The second kappa shape index (κ2) is 10.4. The number of piperidine rings is 1. The van der Waals surface area contributed by atoms with Gasteiger partial charge in [-0.05, 0) is 76.3 Å². The third-order valence-corrected chi connectivity index (χ3v) is 6.42. The number of urea groups is 1. The van der Waals surface area contributed by atoms with E-state index in [1.165, 1.54) is 12.8 Å². The summed E-state index contributed by atoms with van der Waals surface area (Å²) in [6.07, 6.45) is 8.91. The van der Waals surface area contributed by atoms with E-state index in [0.717, 1.165) is 77.2 Å². The molecule has 26 heavy (non-hydrogen) atoms. The van der Waals surface area contributed by atoms with Crippen LogP contribution in [0.4, 0.5) is 4.79 Å². The number of halogens is 1. The minimum Gasteiger partial charge on any atom is -0.481 e. The normalized spacial score (nSPS) is 27.5. The number of hydrogen-bond donors (Lipinski definition) is 2. The smallest absolute Gasteiger partial charge is 0.320 e. The Hall–Kier alpha value is -1.01. The molecular formula is C19H34ClN3O3. The van der Waals surface area contributed by atoms with E-state index in [0.29, 0.717) is 12.0 Å². The molecule has 1 aliphatic carbocycles. The van der Waals surface area contributed by atoms with Crippen LogP contribution in [0, 0.1) is 11.8 Å². The predicted octanol–water partition coefficient (Wildman–Crippen LogP) is 2.96. The largest absolute Gasteiger partial charge is 0.481 e. The van der Waals surface area contributed by atoms with Crippen LogP contribution in [0.15, 0.2) is 0 Å².